The molecule has 9 nitrogen and oxygen atoms in total. The van der Waals surface area contributed by atoms with E-state index in [1.807, 2.05) is 47.4 Å². The van der Waals surface area contributed by atoms with Gasteiger partial charge in [0, 0.05) is 54.6 Å². The van der Waals surface area contributed by atoms with Gasteiger partial charge in [-0.15, -0.1) is 0 Å². The minimum Gasteiger partial charge on any atom is -0.497 e. The predicted molar refractivity (Wildman–Crippen MR) is 154 cm³/mol. The second kappa shape index (κ2) is 11.4. The van der Waals surface area contributed by atoms with Crippen molar-refractivity contribution in [2.45, 2.75) is 0 Å². The number of piperazine rings is 1. The Morgan fingerprint density at radius 3 is 2.18 bits per heavy atom. The number of hydrogen-bond donors (Lipinski definition) is 2. The molecule has 0 atom stereocenters. The van der Waals surface area contributed by atoms with E-state index in [0.29, 0.717) is 48.8 Å². The number of hydrogen-bond acceptors (Lipinski definition) is 7. The molecule has 1 aliphatic heterocycles. The second-order valence-electron chi connectivity index (χ2n) is 8.98. The van der Waals surface area contributed by atoms with Gasteiger partial charge in [-0.2, -0.15) is 0 Å². The van der Waals surface area contributed by atoms with E-state index in [1.165, 1.54) is 0 Å². The number of fused-ring (bicyclic) bond motifs is 1. The van der Waals surface area contributed by atoms with Gasteiger partial charge in [-0.25, -0.2) is 0 Å². The summed E-state index contributed by atoms with van der Waals surface area (Å²) in [5, 5.41) is 6.71. The molecular weight excluding hydrogens is 516 g/mol. The highest BCUT2D eigenvalue weighted by Gasteiger charge is 2.23. The van der Waals surface area contributed by atoms with Crippen molar-refractivity contribution in [2.24, 2.45) is 0 Å². The molecule has 2 heterocycles. The SMILES string of the molecule is COc1cc(OC)cc(C(=O)N2CCN(c3ccc(NC(=S)NC(=O)c4cc5ccccc5o4)cc3)CC2)c1. The summed E-state index contributed by atoms with van der Waals surface area (Å²) in [4.78, 5) is 29.7. The molecule has 1 fully saturated rings. The minimum absolute atomic E-state index is 0.0513. The molecule has 3 aromatic carbocycles. The third-order valence-electron chi connectivity index (χ3n) is 6.53. The Bertz CT molecular complexity index is 1450. The zero-order chi connectivity index (χ0) is 27.4. The number of para-hydroxylation sites is 1. The Labute approximate surface area is 231 Å². The molecule has 39 heavy (non-hydrogen) atoms. The molecule has 1 saturated heterocycles. The van der Waals surface area contributed by atoms with Crippen LogP contribution in [0.1, 0.15) is 20.9 Å². The molecule has 2 amide bonds. The van der Waals surface area contributed by atoms with Gasteiger partial charge in [0.1, 0.15) is 17.1 Å². The van der Waals surface area contributed by atoms with Gasteiger partial charge in [-0.1, -0.05) is 18.2 Å². The summed E-state index contributed by atoms with van der Waals surface area (Å²) < 4.78 is 16.2. The molecule has 1 aliphatic rings. The largest absolute Gasteiger partial charge is 0.497 e. The lowest BCUT2D eigenvalue weighted by Crippen LogP contribution is -2.48. The van der Waals surface area contributed by atoms with Crippen molar-refractivity contribution in [3.63, 3.8) is 0 Å². The second-order valence-corrected chi connectivity index (χ2v) is 9.39. The Kier molecular flexibility index (Phi) is 7.64. The smallest absolute Gasteiger partial charge is 0.293 e. The van der Waals surface area contributed by atoms with E-state index >= 15 is 0 Å². The maximum atomic E-state index is 13.1. The number of methoxy groups -OCH3 is 2. The van der Waals surface area contributed by atoms with Crippen LogP contribution >= 0.6 is 12.2 Å². The van der Waals surface area contributed by atoms with Crippen molar-refractivity contribution in [1.29, 1.82) is 0 Å². The Balaban J connectivity index is 1.14. The number of rotatable bonds is 6. The van der Waals surface area contributed by atoms with Crippen molar-refractivity contribution >= 4 is 51.5 Å². The van der Waals surface area contributed by atoms with Crippen LogP contribution in [0.15, 0.2) is 77.2 Å². The van der Waals surface area contributed by atoms with Crippen LogP contribution in [-0.2, 0) is 0 Å². The molecule has 0 spiro atoms. The number of carbonyl (C=O) groups is 2. The number of nitrogens with one attached hydrogen (secondary N) is 2. The van der Waals surface area contributed by atoms with Crippen LogP contribution in [0, 0.1) is 0 Å². The van der Waals surface area contributed by atoms with Crippen LogP contribution in [0.2, 0.25) is 0 Å². The van der Waals surface area contributed by atoms with E-state index in [1.54, 1.807) is 44.6 Å². The minimum atomic E-state index is -0.417. The molecule has 200 valence electrons. The first-order valence-corrected chi connectivity index (χ1v) is 12.8. The first-order valence-electron chi connectivity index (χ1n) is 12.4. The molecule has 0 bridgehead atoms. The average molecular weight is 545 g/mol. The van der Waals surface area contributed by atoms with E-state index in [4.69, 9.17) is 26.1 Å². The van der Waals surface area contributed by atoms with Gasteiger partial charge in [0.2, 0.25) is 0 Å². The normalized spacial score (nSPS) is 13.2. The highest BCUT2D eigenvalue weighted by molar-refractivity contribution is 7.80. The molecule has 5 rings (SSSR count). The van der Waals surface area contributed by atoms with Gasteiger partial charge in [0.25, 0.3) is 11.8 Å². The summed E-state index contributed by atoms with van der Waals surface area (Å²) >= 11 is 5.31. The zero-order valence-electron chi connectivity index (χ0n) is 21.6. The van der Waals surface area contributed by atoms with E-state index in [2.05, 4.69) is 15.5 Å². The van der Waals surface area contributed by atoms with Crippen LogP contribution in [0.25, 0.3) is 11.0 Å². The van der Waals surface area contributed by atoms with Gasteiger partial charge in [-0.3, -0.25) is 14.9 Å². The highest BCUT2D eigenvalue weighted by Crippen LogP contribution is 2.25. The molecular formula is C29H28N4O5S. The van der Waals surface area contributed by atoms with Gasteiger partial charge >= 0.3 is 0 Å². The number of benzene rings is 3. The first kappa shape index (κ1) is 26.1. The fourth-order valence-corrected chi connectivity index (χ4v) is 4.67. The number of ether oxygens (including phenoxy) is 2. The van der Waals surface area contributed by atoms with E-state index in [9.17, 15) is 9.59 Å². The molecule has 0 radical (unpaired) electrons. The first-order chi connectivity index (χ1) is 18.9. The van der Waals surface area contributed by atoms with Crippen molar-refractivity contribution in [3.05, 3.63) is 84.1 Å². The lowest BCUT2D eigenvalue weighted by Gasteiger charge is -2.36. The number of nitrogens with zero attached hydrogens (tertiary/aromatic N) is 2. The van der Waals surface area contributed by atoms with Crippen molar-refractivity contribution in [3.8, 4) is 11.5 Å². The predicted octanol–water partition coefficient (Wildman–Crippen LogP) is 4.54. The monoisotopic (exact) mass is 544 g/mol. The summed E-state index contributed by atoms with van der Waals surface area (Å²) in [6.45, 7) is 2.59. The third-order valence-corrected chi connectivity index (χ3v) is 6.74. The highest BCUT2D eigenvalue weighted by atomic mass is 32.1. The number of thiocarbonyl (C=S) groups is 1. The number of amides is 2. The third kappa shape index (κ3) is 5.96. The van der Waals surface area contributed by atoms with Crippen molar-refractivity contribution in [1.82, 2.24) is 10.2 Å². The maximum absolute atomic E-state index is 13.1. The zero-order valence-corrected chi connectivity index (χ0v) is 22.4. The van der Waals surface area contributed by atoms with Crippen LogP contribution in [0.4, 0.5) is 11.4 Å². The molecule has 1 aromatic heterocycles. The van der Waals surface area contributed by atoms with Crippen molar-refractivity contribution in [2.75, 3.05) is 50.6 Å². The Morgan fingerprint density at radius 2 is 1.54 bits per heavy atom. The lowest BCUT2D eigenvalue weighted by atomic mass is 10.1. The summed E-state index contributed by atoms with van der Waals surface area (Å²) in [5.74, 6) is 0.890. The molecule has 0 aliphatic carbocycles. The fraction of sp³-hybridized carbons (Fsp3) is 0.207. The van der Waals surface area contributed by atoms with E-state index < -0.39 is 5.91 Å². The van der Waals surface area contributed by atoms with E-state index in [-0.39, 0.29) is 16.8 Å². The Morgan fingerprint density at radius 1 is 0.872 bits per heavy atom. The molecule has 10 heteroatoms. The number of anilines is 2. The quantitative estimate of drug-likeness (QED) is 0.342. The summed E-state index contributed by atoms with van der Waals surface area (Å²) in [7, 11) is 3.13. The van der Waals surface area contributed by atoms with Gasteiger partial charge < -0.3 is 29.0 Å². The van der Waals surface area contributed by atoms with Crippen LogP contribution in [0.5, 0.6) is 11.5 Å². The Hall–Kier alpha value is -4.57. The summed E-state index contributed by atoms with van der Waals surface area (Å²) in [6, 6.07) is 22.1. The number of furan rings is 1. The number of carbonyl (C=O) groups excluding carboxylic acids is 2. The van der Waals surface area contributed by atoms with E-state index in [0.717, 1.165) is 16.8 Å². The molecule has 2 N–H and O–H groups in total. The van der Waals surface area contributed by atoms with Gasteiger partial charge in [-0.05, 0) is 60.7 Å². The summed E-state index contributed by atoms with van der Waals surface area (Å²) in [6.07, 6.45) is 0. The standard InChI is InChI=1S/C29H28N4O5S/c1-36-23-15-20(16-24(18-23)37-2)28(35)33-13-11-32(12-14-33)22-9-7-21(8-10-22)30-29(39)31-27(34)26-17-19-5-3-4-6-25(19)38-26/h3-10,15-18H,11-14H2,1-2H3,(H2,30,31,34,39). The van der Waals surface area contributed by atoms with Crippen molar-refractivity contribution < 1.29 is 23.5 Å². The van der Waals surface area contributed by atoms with Gasteiger partial charge in [0.15, 0.2) is 10.9 Å². The van der Waals surface area contributed by atoms with Crippen LogP contribution in [0.3, 0.4) is 0 Å². The average Bonchev–Trinajstić information content (AvgIpc) is 3.42. The maximum Gasteiger partial charge on any atom is 0.293 e. The fourth-order valence-electron chi connectivity index (χ4n) is 4.46. The van der Waals surface area contributed by atoms with Crippen LogP contribution in [-0.4, -0.2) is 62.2 Å². The molecule has 0 unspecified atom stereocenters. The lowest BCUT2D eigenvalue weighted by molar-refractivity contribution is 0.0745. The molecule has 4 aromatic rings. The van der Waals surface area contributed by atoms with Crippen LogP contribution < -0.4 is 25.0 Å². The topological polar surface area (TPSA) is 96.3 Å². The summed E-state index contributed by atoms with van der Waals surface area (Å²) in [5.41, 5.74) is 2.96. The van der Waals surface area contributed by atoms with Gasteiger partial charge in [0.05, 0.1) is 14.2 Å². The molecule has 0 saturated carbocycles.